The zero-order valence-corrected chi connectivity index (χ0v) is 11.9. The molecule has 1 N–H and O–H groups in total. The summed E-state index contributed by atoms with van der Waals surface area (Å²) in [7, 11) is 2.05. The molecule has 1 rings (SSSR count). The molecule has 1 aliphatic carbocycles. The summed E-state index contributed by atoms with van der Waals surface area (Å²) in [6.45, 7) is 7.65. The number of rotatable bonds is 4. The molecule has 100 valence electrons. The lowest BCUT2D eigenvalue weighted by molar-refractivity contribution is -0.123. The molecule has 3 heteroatoms. The first-order valence-electron chi connectivity index (χ1n) is 6.86. The zero-order valence-electron chi connectivity index (χ0n) is 11.9. The lowest BCUT2D eigenvalue weighted by Gasteiger charge is -2.28. The molecule has 3 nitrogen and oxygen atoms in total. The van der Waals surface area contributed by atoms with Crippen LogP contribution in [0, 0.1) is 5.92 Å². The van der Waals surface area contributed by atoms with Crippen molar-refractivity contribution in [3.05, 3.63) is 0 Å². The number of carbonyl (C=O) groups is 1. The Hall–Kier alpha value is -0.570. The molecule has 0 spiro atoms. The molecule has 0 aromatic carbocycles. The van der Waals surface area contributed by atoms with E-state index >= 15 is 0 Å². The van der Waals surface area contributed by atoms with Gasteiger partial charge in [-0.05, 0) is 46.6 Å². The van der Waals surface area contributed by atoms with E-state index in [1.165, 1.54) is 32.1 Å². The average molecular weight is 240 g/mol. The van der Waals surface area contributed by atoms with Gasteiger partial charge in [-0.25, -0.2) is 0 Å². The standard InChI is InChI=1S/C14H28N2O/c1-14(2,3)15-13(17)11-16(4)10-12-8-6-5-7-9-12/h12H,5-11H2,1-4H3,(H,15,17). The number of hydrogen-bond acceptors (Lipinski definition) is 2. The van der Waals surface area contributed by atoms with E-state index in [0.717, 1.165) is 12.5 Å². The average Bonchev–Trinajstić information content (AvgIpc) is 2.15. The first-order valence-corrected chi connectivity index (χ1v) is 6.86. The molecular weight excluding hydrogens is 212 g/mol. The summed E-state index contributed by atoms with van der Waals surface area (Å²) >= 11 is 0. The van der Waals surface area contributed by atoms with E-state index in [1.807, 2.05) is 20.8 Å². The fourth-order valence-electron chi connectivity index (χ4n) is 2.58. The van der Waals surface area contributed by atoms with E-state index < -0.39 is 0 Å². The molecule has 0 aromatic rings. The number of likely N-dealkylation sites (N-methyl/N-ethyl adjacent to an activating group) is 1. The normalized spacial score (nSPS) is 18.4. The van der Waals surface area contributed by atoms with Crippen molar-refractivity contribution in [2.75, 3.05) is 20.1 Å². The number of hydrogen-bond donors (Lipinski definition) is 1. The summed E-state index contributed by atoms with van der Waals surface area (Å²) in [5.41, 5.74) is -0.122. The fraction of sp³-hybridized carbons (Fsp3) is 0.929. The van der Waals surface area contributed by atoms with E-state index in [2.05, 4.69) is 17.3 Å². The van der Waals surface area contributed by atoms with Gasteiger partial charge in [0.2, 0.25) is 5.91 Å². The molecular formula is C14H28N2O. The molecule has 1 amide bonds. The second-order valence-electron chi connectivity index (χ2n) is 6.50. The minimum atomic E-state index is -0.122. The van der Waals surface area contributed by atoms with Crippen molar-refractivity contribution in [1.82, 2.24) is 10.2 Å². The highest BCUT2D eigenvalue weighted by atomic mass is 16.2. The first kappa shape index (κ1) is 14.5. The smallest absolute Gasteiger partial charge is 0.234 e. The molecule has 17 heavy (non-hydrogen) atoms. The van der Waals surface area contributed by atoms with Crippen molar-refractivity contribution < 1.29 is 4.79 Å². The molecule has 0 bridgehead atoms. The van der Waals surface area contributed by atoms with Crippen LogP contribution in [0.5, 0.6) is 0 Å². The number of nitrogens with zero attached hydrogens (tertiary/aromatic N) is 1. The molecule has 0 heterocycles. The third-order valence-electron chi connectivity index (χ3n) is 3.22. The minimum Gasteiger partial charge on any atom is -0.350 e. The first-order chi connectivity index (χ1) is 7.87. The Morgan fingerprint density at radius 2 is 1.82 bits per heavy atom. The molecule has 0 unspecified atom stereocenters. The Kier molecular flexibility index (Phi) is 5.44. The SMILES string of the molecule is CN(CC(=O)NC(C)(C)C)CC1CCCCC1. The third kappa shape index (κ3) is 6.67. The lowest BCUT2D eigenvalue weighted by Crippen LogP contribution is -2.45. The Morgan fingerprint density at radius 3 is 2.35 bits per heavy atom. The van der Waals surface area contributed by atoms with Gasteiger partial charge in [0.1, 0.15) is 0 Å². The maximum atomic E-state index is 11.8. The number of amides is 1. The number of carbonyl (C=O) groups excluding carboxylic acids is 1. The largest absolute Gasteiger partial charge is 0.350 e. The Morgan fingerprint density at radius 1 is 1.24 bits per heavy atom. The van der Waals surface area contributed by atoms with Crippen LogP contribution in [0.25, 0.3) is 0 Å². The summed E-state index contributed by atoms with van der Waals surface area (Å²) in [6, 6.07) is 0. The Balaban J connectivity index is 2.23. The van der Waals surface area contributed by atoms with Gasteiger partial charge in [-0.3, -0.25) is 9.69 Å². The topological polar surface area (TPSA) is 32.3 Å². The molecule has 0 aromatic heterocycles. The monoisotopic (exact) mass is 240 g/mol. The maximum absolute atomic E-state index is 11.8. The van der Waals surface area contributed by atoms with Crippen LogP contribution in [0.4, 0.5) is 0 Å². The van der Waals surface area contributed by atoms with Crippen molar-refractivity contribution in [1.29, 1.82) is 0 Å². The van der Waals surface area contributed by atoms with E-state index in [0.29, 0.717) is 6.54 Å². The van der Waals surface area contributed by atoms with Gasteiger partial charge >= 0.3 is 0 Å². The van der Waals surface area contributed by atoms with Crippen LogP contribution in [0.15, 0.2) is 0 Å². The molecule has 0 aliphatic heterocycles. The van der Waals surface area contributed by atoms with Crippen LogP contribution in [-0.2, 0) is 4.79 Å². The van der Waals surface area contributed by atoms with Gasteiger partial charge in [0.05, 0.1) is 6.54 Å². The predicted molar refractivity (Wildman–Crippen MR) is 72.0 cm³/mol. The van der Waals surface area contributed by atoms with Crippen LogP contribution in [-0.4, -0.2) is 36.5 Å². The van der Waals surface area contributed by atoms with E-state index in [4.69, 9.17) is 0 Å². The predicted octanol–water partition coefficient (Wildman–Crippen LogP) is 2.41. The van der Waals surface area contributed by atoms with Crippen molar-refractivity contribution in [3.8, 4) is 0 Å². The second kappa shape index (κ2) is 6.39. The zero-order chi connectivity index (χ0) is 12.9. The molecule has 1 aliphatic rings. The molecule has 1 fully saturated rings. The van der Waals surface area contributed by atoms with Gasteiger partial charge in [-0.1, -0.05) is 19.3 Å². The van der Waals surface area contributed by atoms with Gasteiger partial charge in [0.15, 0.2) is 0 Å². The molecule has 0 atom stereocenters. The van der Waals surface area contributed by atoms with Crippen LogP contribution >= 0.6 is 0 Å². The molecule has 1 saturated carbocycles. The van der Waals surface area contributed by atoms with Crippen molar-refractivity contribution in [2.24, 2.45) is 5.92 Å². The van der Waals surface area contributed by atoms with Gasteiger partial charge in [0, 0.05) is 12.1 Å². The number of nitrogens with one attached hydrogen (secondary N) is 1. The highest BCUT2D eigenvalue weighted by Crippen LogP contribution is 2.23. The summed E-state index contributed by atoms with van der Waals surface area (Å²) in [5, 5.41) is 3.01. The van der Waals surface area contributed by atoms with Crippen molar-refractivity contribution in [2.45, 2.75) is 58.4 Å². The quantitative estimate of drug-likeness (QED) is 0.818. The Labute approximate surface area is 106 Å². The summed E-state index contributed by atoms with van der Waals surface area (Å²) in [4.78, 5) is 13.9. The van der Waals surface area contributed by atoms with Crippen LogP contribution in [0.3, 0.4) is 0 Å². The van der Waals surface area contributed by atoms with Gasteiger partial charge in [-0.2, -0.15) is 0 Å². The van der Waals surface area contributed by atoms with Gasteiger partial charge in [0.25, 0.3) is 0 Å². The third-order valence-corrected chi connectivity index (χ3v) is 3.22. The van der Waals surface area contributed by atoms with Crippen LogP contribution in [0.1, 0.15) is 52.9 Å². The summed E-state index contributed by atoms with van der Waals surface area (Å²) in [5.74, 6) is 0.937. The summed E-state index contributed by atoms with van der Waals surface area (Å²) < 4.78 is 0. The molecule has 0 radical (unpaired) electrons. The van der Waals surface area contributed by atoms with Gasteiger partial charge < -0.3 is 5.32 Å². The molecule has 0 saturated heterocycles. The minimum absolute atomic E-state index is 0.122. The highest BCUT2D eigenvalue weighted by molar-refractivity contribution is 5.78. The van der Waals surface area contributed by atoms with E-state index in [9.17, 15) is 4.79 Å². The van der Waals surface area contributed by atoms with E-state index in [1.54, 1.807) is 0 Å². The lowest BCUT2D eigenvalue weighted by atomic mass is 9.89. The van der Waals surface area contributed by atoms with Crippen LogP contribution in [0.2, 0.25) is 0 Å². The highest BCUT2D eigenvalue weighted by Gasteiger charge is 2.18. The van der Waals surface area contributed by atoms with E-state index in [-0.39, 0.29) is 11.4 Å². The van der Waals surface area contributed by atoms with Crippen molar-refractivity contribution >= 4 is 5.91 Å². The second-order valence-corrected chi connectivity index (χ2v) is 6.50. The fourth-order valence-corrected chi connectivity index (χ4v) is 2.58. The Bertz CT molecular complexity index is 239. The maximum Gasteiger partial charge on any atom is 0.234 e. The van der Waals surface area contributed by atoms with Crippen LogP contribution < -0.4 is 5.32 Å². The summed E-state index contributed by atoms with van der Waals surface area (Å²) in [6.07, 6.45) is 6.81. The van der Waals surface area contributed by atoms with Gasteiger partial charge in [-0.15, -0.1) is 0 Å². The van der Waals surface area contributed by atoms with Crippen molar-refractivity contribution in [3.63, 3.8) is 0 Å².